The van der Waals surface area contributed by atoms with Gasteiger partial charge in [0, 0.05) is 45.5 Å². The maximum absolute atomic E-state index is 11.4. The summed E-state index contributed by atoms with van der Waals surface area (Å²) in [5.74, 6) is 0.0858. The average Bonchev–Trinajstić information content (AvgIpc) is 2.69. The average molecular weight is 276 g/mol. The lowest BCUT2D eigenvalue weighted by atomic mass is 10.1. The fourth-order valence-corrected chi connectivity index (χ4v) is 2.43. The van der Waals surface area contributed by atoms with Gasteiger partial charge < -0.3 is 15.0 Å². The normalized spacial score (nSPS) is 19.2. The molecule has 110 valence electrons. The summed E-state index contributed by atoms with van der Waals surface area (Å²) in [4.78, 5) is 13.1. The molecule has 1 unspecified atom stereocenters. The molecule has 20 heavy (non-hydrogen) atoms. The summed E-state index contributed by atoms with van der Waals surface area (Å²) < 4.78 is 5.50. The molecule has 1 N–H and O–H groups in total. The smallest absolute Gasteiger partial charge is 0.219 e. The van der Waals surface area contributed by atoms with E-state index in [4.69, 9.17) is 4.74 Å². The van der Waals surface area contributed by atoms with E-state index < -0.39 is 0 Å². The zero-order valence-electron chi connectivity index (χ0n) is 12.4. The number of benzene rings is 1. The van der Waals surface area contributed by atoms with Crippen LogP contribution in [0.1, 0.15) is 31.7 Å². The molecular weight excluding hydrogens is 252 g/mol. The molecule has 4 nitrogen and oxygen atoms in total. The predicted molar refractivity (Wildman–Crippen MR) is 80.7 cm³/mol. The van der Waals surface area contributed by atoms with Crippen molar-refractivity contribution in [1.29, 1.82) is 0 Å². The van der Waals surface area contributed by atoms with Crippen LogP contribution in [0.3, 0.4) is 0 Å². The van der Waals surface area contributed by atoms with Crippen LogP contribution in [-0.4, -0.2) is 37.1 Å². The van der Waals surface area contributed by atoms with Gasteiger partial charge in [0.25, 0.3) is 0 Å². The van der Waals surface area contributed by atoms with Crippen molar-refractivity contribution in [2.45, 2.75) is 38.8 Å². The highest BCUT2D eigenvalue weighted by molar-refractivity contribution is 5.73. The van der Waals surface area contributed by atoms with Crippen molar-refractivity contribution >= 4 is 11.6 Å². The number of hydrogen-bond acceptors (Lipinski definition) is 3. The number of ether oxygens (including phenoxy) is 1. The first-order valence-electron chi connectivity index (χ1n) is 7.30. The first-order chi connectivity index (χ1) is 9.66. The summed E-state index contributed by atoms with van der Waals surface area (Å²) in [7, 11) is 1.83. The van der Waals surface area contributed by atoms with Crippen molar-refractivity contribution in [3.8, 4) is 0 Å². The van der Waals surface area contributed by atoms with Crippen molar-refractivity contribution in [1.82, 2.24) is 4.90 Å². The van der Waals surface area contributed by atoms with Crippen LogP contribution in [-0.2, 0) is 16.1 Å². The van der Waals surface area contributed by atoms with Gasteiger partial charge in [-0.3, -0.25) is 4.79 Å². The van der Waals surface area contributed by atoms with E-state index in [1.165, 1.54) is 0 Å². The minimum Gasteiger partial charge on any atom is -0.382 e. The predicted octanol–water partition coefficient (Wildman–Crippen LogP) is 2.65. The molecule has 0 radical (unpaired) electrons. The lowest BCUT2D eigenvalue weighted by molar-refractivity contribution is -0.128. The summed E-state index contributed by atoms with van der Waals surface area (Å²) in [6.07, 6.45) is 3.28. The minimum absolute atomic E-state index is 0.0858. The first-order valence-corrected chi connectivity index (χ1v) is 7.30. The molecule has 1 aromatic carbocycles. The second-order valence-corrected chi connectivity index (χ2v) is 5.42. The van der Waals surface area contributed by atoms with E-state index in [1.54, 1.807) is 11.8 Å². The first kappa shape index (κ1) is 14.9. The van der Waals surface area contributed by atoms with Crippen LogP contribution in [0.2, 0.25) is 0 Å². The monoisotopic (exact) mass is 276 g/mol. The Hall–Kier alpha value is -1.55. The van der Waals surface area contributed by atoms with Crippen molar-refractivity contribution in [3.05, 3.63) is 29.8 Å². The number of anilines is 1. The Kier molecular flexibility index (Phi) is 5.41. The van der Waals surface area contributed by atoms with Crippen molar-refractivity contribution in [3.63, 3.8) is 0 Å². The standard InChI is InChI=1S/C16H24N2O2/c1-13(19)18(2)12-14-6-3-4-8-16(14)17-15-7-5-10-20-11-9-15/h3-4,6,8,15,17H,5,7,9-12H2,1-2H3. The second-order valence-electron chi connectivity index (χ2n) is 5.42. The van der Waals surface area contributed by atoms with Crippen LogP contribution in [0.25, 0.3) is 0 Å². The number of para-hydroxylation sites is 1. The number of amides is 1. The zero-order chi connectivity index (χ0) is 14.4. The van der Waals surface area contributed by atoms with Gasteiger partial charge in [-0.2, -0.15) is 0 Å². The number of carbonyl (C=O) groups excluding carboxylic acids is 1. The maximum atomic E-state index is 11.4. The number of rotatable bonds is 4. The van der Waals surface area contributed by atoms with E-state index in [0.29, 0.717) is 12.6 Å². The van der Waals surface area contributed by atoms with Crippen LogP contribution in [0.4, 0.5) is 5.69 Å². The molecule has 1 heterocycles. The van der Waals surface area contributed by atoms with Crippen molar-refractivity contribution in [2.75, 3.05) is 25.6 Å². The lowest BCUT2D eigenvalue weighted by Gasteiger charge is -2.22. The highest BCUT2D eigenvalue weighted by Gasteiger charge is 2.14. The molecule has 4 heteroatoms. The highest BCUT2D eigenvalue weighted by Crippen LogP contribution is 2.21. The molecule has 1 saturated heterocycles. The maximum Gasteiger partial charge on any atom is 0.219 e. The largest absolute Gasteiger partial charge is 0.382 e. The van der Waals surface area contributed by atoms with E-state index in [2.05, 4.69) is 17.4 Å². The molecule has 2 rings (SSSR count). The Labute approximate surface area is 121 Å². The Morgan fingerprint density at radius 1 is 1.35 bits per heavy atom. The summed E-state index contributed by atoms with van der Waals surface area (Å²) in [6, 6.07) is 8.68. The number of nitrogens with one attached hydrogen (secondary N) is 1. The van der Waals surface area contributed by atoms with E-state index in [0.717, 1.165) is 43.7 Å². The molecule has 0 spiro atoms. The molecule has 1 amide bonds. The quantitative estimate of drug-likeness (QED) is 0.919. The van der Waals surface area contributed by atoms with Crippen molar-refractivity contribution < 1.29 is 9.53 Å². The second kappa shape index (κ2) is 7.29. The van der Waals surface area contributed by atoms with Crippen LogP contribution in [0.5, 0.6) is 0 Å². The molecular formula is C16H24N2O2. The third kappa shape index (κ3) is 4.23. The van der Waals surface area contributed by atoms with Crippen LogP contribution in [0.15, 0.2) is 24.3 Å². The Morgan fingerprint density at radius 2 is 2.15 bits per heavy atom. The molecule has 0 bridgehead atoms. The molecule has 1 aliphatic heterocycles. The summed E-state index contributed by atoms with van der Waals surface area (Å²) in [6.45, 7) is 3.93. The molecule has 1 fully saturated rings. The van der Waals surface area contributed by atoms with Gasteiger partial charge in [-0.1, -0.05) is 18.2 Å². The Bertz CT molecular complexity index is 440. The van der Waals surface area contributed by atoms with Gasteiger partial charge in [-0.05, 0) is 30.9 Å². The van der Waals surface area contributed by atoms with Gasteiger partial charge in [-0.25, -0.2) is 0 Å². The molecule has 1 atom stereocenters. The minimum atomic E-state index is 0.0858. The fourth-order valence-electron chi connectivity index (χ4n) is 2.43. The van der Waals surface area contributed by atoms with E-state index in [1.807, 2.05) is 19.2 Å². The van der Waals surface area contributed by atoms with Gasteiger partial charge in [-0.15, -0.1) is 0 Å². The molecule has 0 aromatic heterocycles. The number of carbonyl (C=O) groups is 1. The topological polar surface area (TPSA) is 41.6 Å². The van der Waals surface area contributed by atoms with Crippen LogP contribution < -0.4 is 5.32 Å². The molecule has 0 aliphatic carbocycles. The van der Waals surface area contributed by atoms with E-state index >= 15 is 0 Å². The summed E-state index contributed by atoms with van der Waals surface area (Å²) >= 11 is 0. The SMILES string of the molecule is CC(=O)N(C)Cc1ccccc1NC1CCCOCC1. The zero-order valence-corrected chi connectivity index (χ0v) is 12.4. The van der Waals surface area contributed by atoms with E-state index in [9.17, 15) is 4.79 Å². The van der Waals surface area contributed by atoms with Gasteiger partial charge in [0.1, 0.15) is 0 Å². The van der Waals surface area contributed by atoms with Gasteiger partial charge >= 0.3 is 0 Å². The molecule has 1 aliphatic rings. The van der Waals surface area contributed by atoms with Gasteiger partial charge in [0.15, 0.2) is 0 Å². The number of nitrogens with zero attached hydrogens (tertiary/aromatic N) is 1. The summed E-state index contributed by atoms with van der Waals surface area (Å²) in [5.41, 5.74) is 2.29. The van der Waals surface area contributed by atoms with Crippen molar-refractivity contribution in [2.24, 2.45) is 0 Å². The summed E-state index contributed by atoms with van der Waals surface area (Å²) in [5, 5.41) is 3.62. The number of hydrogen-bond donors (Lipinski definition) is 1. The Balaban J connectivity index is 2.04. The van der Waals surface area contributed by atoms with E-state index in [-0.39, 0.29) is 5.91 Å². The Morgan fingerprint density at radius 3 is 2.95 bits per heavy atom. The van der Waals surface area contributed by atoms with Crippen LogP contribution >= 0.6 is 0 Å². The van der Waals surface area contributed by atoms with Gasteiger partial charge in [0.2, 0.25) is 5.91 Å². The van der Waals surface area contributed by atoms with Crippen LogP contribution in [0, 0.1) is 0 Å². The molecule has 1 aromatic rings. The van der Waals surface area contributed by atoms with Gasteiger partial charge in [0.05, 0.1) is 0 Å². The molecule has 0 saturated carbocycles. The third-order valence-electron chi connectivity index (χ3n) is 3.77. The lowest BCUT2D eigenvalue weighted by Crippen LogP contribution is -2.25. The third-order valence-corrected chi connectivity index (χ3v) is 3.77. The fraction of sp³-hybridized carbons (Fsp3) is 0.562. The highest BCUT2D eigenvalue weighted by atomic mass is 16.5.